The van der Waals surface area contributed by atoms with Crippen molar-refractivity contribution in [2.24, 2.45) is 0 Å². The van der Waals surface area contributed by atoms with Gasteiger partial charge in [0.15, 0.2) is 0 Å². The standard InChI is InChI=1S/C25H23N5O2/c1-16-10-17(2)12-19(11-16)27-23(31)13-22-24(32)29(15-18-6-5-9-26-14-18)25-28-20-7-3-4-8-21(20)30(22)25/h3-12,14,22H,13,15H2,1-2H3,(H,27,31). The van der Waals surface area contributed by atoms with Crippen molar-refractivity contribution in [1.29, 1.82) is 0 Å². The number of amides is 2. The number of aromatic nitrogens is 3. The van der Waals surface area contributed by atoms with Crippen LogP contribution >= 0.6 is 0 Å². The van der Waals surface area contributed by atoms with Gasteiger partial charge in [0.1, 0.15) is 6.04 Å². The van der Waals surface area contributed by atoms with E-state index in [0.717, 1.165) is 33.4 Å². The monoisotopic (exact) mass is 425 g/mol. The molecule has 4 aromatic rings. The van der Waals surface area contributed by atoms with E-state index in [1.54, 1.807) is 17.3 Å². The molecule has 3 heterocycles. The van der Waals surface area contributed by atoms with Crippen LogP contribution < -0.4 is 10.2 Å². The molecule has 2 aromatic heterocycles. The third kappa shape index (κ3) is 3.62. The molecular formula is C25H23N5O2. The predicted octanol–water partition coefficient (Wildman–Crippen LogP) is 4.16. The largest absolute Gasteiger partial charge is 0.326 e. The van der Waals surface area contributed by atoms with E-state index in [0.29, 0.717) is 12.5 Å². The van der Waals surface area contributed by atoms with Gasteiger partial charge in [-0.05, 0) is 60.9 Å². The lowest BCUT2D eigenvalue weighted by molar-refractivity contribution is -0.124. The first-order valence-corrected chi connectivity index (χ1v) is 10.5. The molecule has 1 atom stereocenters. The Hall–Kier alpha value is -4.00. The van der Waals surface area contributed by atoms with E-state index in [-0.39, 0.29) is 18.2 Å². The topological polar surface area (TPSA) is 80.1 Å². The number of para-hydroxylation sites is 2. The summed E-state index contributed by atoms with van der Waals surface area (Å²) in [5.41, 5.74) is 5.42. The smallest absolute Gasteiger partial charge is 0.253 e. The Morgan fingerprint density at radius 2 is 1.84 bits per heavy atom. The number of hydrogen-bond acceptors (Lipinski definition) is 4. The fourth-order valence-corrected chi connectivity index (χ4v) is 4.35. The molecule has 32 heavy (non-hydrogen) atoms. The lowest BCUT2D eigenvalue weighted by Gasteiger charge is -2.16. The third-order valence-electron chi connectivity index (χ3n) is 5.63. The molecule has 0 bridgehead atoms. The second kappa shape index (κ2) is 7.92. The van der Waals surface area contributed by atoms with E-state index in [9.17, 15) is 9.59 Å². The van der Waals surface area contributed by atoms with Crippen LogP contribution in [0, 0.1) is 13.8 Å². The van der Waals surface area contributed by atoms with E-state index < -0.39 is 6.04 Å². The van der Waals surface area contributed by atoms with E-state index >= 15 is 0 Å². The van der Waals surface area contributed by atoms with Crippen molar-refractivity contribution in [3.63, 3.8) is 0 Å². The van der Waals surface area contributed by atoms with Crippen LogP contribution in [-0.2, 0) is 16.1 Å². The van der Waals surface area contributed by atoms with Crippen molar-refractivity contribution < 1.29 is 9.59 Å². The number of nitrogens with one attached hydrogen (secondary N) is 1. The SMILES string of the molecule is Cc1cc(C)cc(NC(=O)CC2C(=O)N(Cc3cccnc3)c3nc4ccccc4n32)c1. The highest BCUT2D eigenvalue weighted by Crippen LogP contribution is 2.37. The summed E-state index contributed by atoms with van der Waals surface area (Å²) in [6.07, 6.45) is 3.47. The van der Waals surface area contributed by atoms with Crippen molar-refractivity contribution in [1.82, 2.24) is 14.5 Å². The summed E-state index contributed by atoms with van der Waals surface area (Å²) in [5.74, 6) is 0.210. The summed E-state index contributed by atoms with van der Waals surface area (Å²) < 4.78 is 1.88. The summed E-state index contributed by atoms with van der Waals surface area (Å²) >= 11 is 0. The van der Waals surface area contributed by atoms with Gasteiger partial charge in [-0.1, -0.05) is 24.3 Å². The summed E-state index contributed by atoms with van der Waals surface area (Å²) in [5, 5.41) is 2.95. The van der Waals surface area contributed by atoms with Crippen LogP contribution in [0.5, 0.6) is 0 Å². The Kier molecular flexibility index (Phi) is 4.93. The molecule has 7 nitrogen and oxygen atoms in total. The summed E-state index contributed by atoms with van der Waals surface area (Å²) in [6.45, 7) is 4.33. The van der Waals surface area contributed by atoms with Gasteiger partial charge in [-0.3, -0.25) is 24.0 Å². The second-order valence-electron chi connectivity index (χ2n) is 8.20. The van der Waals surface area contributed by atoms with Crippen LogP contribution in [0.25, 0.3) is 11.0 Å². The van der Waals surface area contributed by atoms with Crippen molar-refractivity contribution >= 4 is 34.5 Å². The number of fused-ring (bicyclic) bond motifs is 3. The van der Waals surface area contributed by atoms with Crippen LogP contribution in [0.15, 0.2) is 67.0 Å². The molecule has 7 heteroatoms. The molecule has 2 aromatic carbocycles. The van der Waals surface area contributed by atoms with Gasteiger partial charge in [0, 0.05) is 18.1 Å². The highest BCUT2D eigenvalue weighted by Gasteiger charge is 2.40. The molecule has 1 N–H and O–H groups in total. The Morgan fingerprint density at radius 1 is 1.06 bits per heavy atom. The molecule has 0 saturated carbocycles. The molecule has 0 saturated heterocycles. The van der Waals surface area contributed by atoms with Gasteiger partial charge in [-0.2, -0.15) is 0 Å². The Balaban J connectivity index is 1.47. The molecule has 1 unspecified atom stereocenters. The van der Waals surface area contributed by atoms with Crippen LogP contribution in [-0.4, -0.2) is 26.3 Å². The zero-order valence-electron chi connectivity index (χ0n) is 17.9. The first-order valence-electron chi connectivity index (χ1n) is 10.5. The second-order valence-corrected chi connectivity index (χ2v) is 8.20. The van der Waals surface area contributed by atoms with Crippen LogP contribution in [0.4, 0.5) is 11.6 Å². The van der Waals surface area contributed by atoms with Crippen molar-refractivity contribution in [3.05, 3.63) is 83.7 Å². The Bertz CT molecular complexity index is 1310. The number of imidazole rings is 1. The average Bonchev–Trinajstić information content (AvgIpc) is 3.24. The number of pyridine rings is 1. The summed E-state index contributed by atoms with van der Waals surface area (Å²) in [6, 6.07) is 16.7. The lowest BCUT2D eigenvalue weighted by Crippen LogP contribution is -2.31. The maximum absolute atomic E-state index is 13.4. The highest BCUT2D eigenvalue weighted by molar-refractivity contribution is 6.05. The van der Waals surface area contributed by atoms with Crippen LogP contribution in [0.1, 0.15) is 29.2 Å². The minimum absolute atomic E-state index is 0.0305. The van der Waals surface area contributed by atoms with Crippen LogP contribution in [0.2, 0.25) is 0 Å². The van der Waals surface area contributed by atoms with E-state index in [4.69, 9.17) is 4.98 Å². The number of aryl methyl sites for hydroxylation is 2. The molecule has 1 aliphatic heterocycles. The third-order valence-corrected chi connectivity index (χ3v) is 5.63. The van der Waals surface area contributed by atoms with Crippen LogP contribution in [0.3, 0.4) is 0 Å². The van der Waals surface area contributed by atoms with E-state index in [1.165, 1.54) is 0 Å². The van der Waals surface area contributed by atoms with Crippen molar-refractivity contribution in [2.75, 3.05) is 10.2 Å². The minimum atomic E-state index is -0.653. The maximum atomic E-state index is 13.4. The van der Waals surface area contributed by atoms with Gasteiger partial charge in [-0.15, -0.1) is 0 Å². The van der Waals surface area contributed by atoms with Gasteiger partial charge in [0.25, 0.3) is 5.91 Å². The molecule has 0 fully saturated rings. The molecule has 0 radical (unpaired) electrons. The first kappa shape index (κ1) is 19.9. The number of nitrogens with zero attached hydrogens (tertiary/aromatic N) is 4. The maximum Gasteiger partial charge on any atom is 0.253 e. The quantitative estimate of drug-likeness (QED) is 0.521. The minimum Gasteiger partial charge on any atom is -0.326 e. The average molecular weight is 425 g/mol. The lowest BCUT2D eigenvalue weighted by atomic mass is 10.1. The molecule has 1 aliphatic rings. The Labute approximate surface area is 185 Å². The highest BCUT2D eigenvalue weighted by atomic mass is 16.2. The zero-order valence-corrected chi connectivity index (χ0v) is 17.9. The van der Waals surface area contributed by atoms with Gasteiger partial charge < -0.3 is 5.32 Å². The van der Waals surface area contributed by atoms with E-state index in [2.05, 4.69) is 16.4 Å². The van der Waals surface area contributed by atoms with Crippen molar-refractivity contribution in [3.8, 4) is 0 Å². The number of hydrogen-bond donors (Lipinski definition) is 1. The summed E-state index contributed by atoms with van der Waals surface area (Å²) in [4.78, 5) is 36.9. The molecule has 160 valence electrons. The van der Waals surface area contributed by atoms with Gasteiger partial charge >= 0.3 is 0 Å². The number of anilines is 2. The fourth-order valence-electron chi connectivity index (χ4n) is 4.35. The van der Waals surface area contributed by atoms with E-state index in [1.807, 2.05) is 66.9 Å². The number of benzene rings is 2. The number of rotatable bonds is 5. The van der Waals surface area contributed by atoms with Gasteiger partial charge in [0.05, 0.1) is 24.0 Å². The van der Waals surface area contributed by atoms with Gasteiger partial charge in [0.2, 0.25) is 11.9 Å². The molecule has 5 rings (SSSR count). The number of carbonyl (C=O) groups excluding carboxylic acids is 2. The van der Waals surface area contributed by atoms with Crippen molar-refractivity contribution in [2.45, 2.75) is 32.9 Å². The summed E-state index contributed by atoms with van der Waals surface area (Å²) in [7, 11) is 0. The van der Waals surface area contributed by atoms with Gasteiger partial charge in [-0.25, -0.2) is 4.98 Å². The molecule has 0 spiro atoms. The number of carbonyl (C=O) groups is 2. The Morgan fingerprint density at radius 3 is 2.59 bits per heavy atom. The first-order chi connectivity index (χ1) is 15.5. The zero-order chi connectivity index (χ0) is 22.2. The normalized spacial score (nSPS) is 15.2. The predicted molar refractivity (Wildman–Crippen MR) is 123 cm³/mol. The fraction of sp³-hybridized carbons (Fsp3) is 0.200. The molecule has 2 amide bonds. The molecule has 0 aliphatic carbocycles. The molecular weight excluding hydrogens is 402 g/mol.